The zero-order chi connectivity index (χ0) is 19.9. The molecule has 2 atom stereocenters. The van der Waals surface area contributed by atoms with Crippen LogP contribution >= 0.6 is 0 Å². The van der Waals surface area contributed by atoms with Crippen molar-refractivity contribution in [2.45, 2.75) is 56.8 Å². The van der Waals surface area contributed by atoms with E-state index >= 15 is 0 Å². The lowest BCUT2D eigenvalue weighted by molar-refractivity contribution is -0.316. The van der Waals surface area contributed by atoms with Crippen LogP contribution in [0.1, 0.15) is 44.1 Å². The summed E-state index contributed by atoms with van der Waals surface area (Å²) in [5, 5.41) is 14.9. The lowest BCUT2D eigenvalue weighted by atomic mass is 9.87. The van der Waals surface area contributed by atoms with Gasteiger partial charge in [-0.15, -0.1) is 0 Å². The predicted molar refractivity (Wildman–Crippen MR) is 92.7 cm³/mol. The standard InChI is InChI=1S/C19H21F3N2O4/c20-19(21,22)18(26)13-4-2-1-3-5-14(13)23-24(18)17(25)9-7-12-6-8-15-16(10-12)28-11-27-15/h6,8,10,13,26H,1-5,7,9,11H2/t13-,18+/m1/s1. The second kappa shape index (κ2) is 6.95. The molecule has 0 radical (unpaired) electrons. The first-order valence-corrected chi connectivity index (χ1v) is 9.39. The van der Waals surface area contributed by atoms with Crippen molar-refractivity contribution in [1.82, 2.24) is 5.01 Å². The third kappa shape index (κ3) is 3.11. The number of aliphatic hydroxyl groups is 1. The van der Waals surface area contributed by atoms with E-state index in [2.05, 4.69) is 5.10 Å². The highest BCUT2D eigenvalue weighted by atomic mass is 19.4. The number of nitrogens with zero attached hydrogens (tertiary/aromatic N) is 2. The van der Waals surface area contributed by atoms with Crippen molar-refractivity contribution < 1.29 is 32.5 Å². The Labute approximate surface area is 159 Å². The van der Waals surface area contributed by atoms with Crippen molar-refractivity contribution in [1.29, 1.82) is 0 Å². The zero-order valence-electron chi connectivity index (χ0n) is 15.2. The molecule has 0 aromatic heterocycles. The summed E-state index contributed by atoms with van der Waals surface area (Å²) in [6.45, 7) is 0.114. The van der Waals surface area contributed by atoms with Gasteiger partial charge >= 0.3 is 6.18 Å². The molecular weight excluding hydrogens is 377 g/mol. The first kappa shape index (κ1) is 19.0. The van der Waals surface area contributed by atoms with Crippen LogP contribution in [0, 0.1) is 5.92 Å². The monoisotopic (exact) mass is 398 g/mol. The molecule has 1 fully saturated rings. The third-order valence-electron chi connectivity index (χ3n) is 5.58. The van der Waals surface area contributed by atoms with Crippen LogP contribution in [-0.4, -0.2) is 40.4 Å². The van der Waals surface area contributed by atoms with E-state index in [-0.39, 0.29) is 36.8 Å². The number of rotatable bonds is 3. The molecule has 1 N–H and O–H groups in total. The van der Waals surface area contributed by atoms with Gasteiger partial charge in [0.15, 0.2) is 11.5 Å². The van der Waals surface area contributed by atoms with Gasteiger partial charge in [0.1, 0.15) is 0 Å². The number of hydrazone groups is 1. The second-order valence-corrected chi connectivity index (χ2v) is 7.36. The molecule has 0 bridgehead atoms. The van der Waals surface area contributed by atoms with Gasteiger partial charge in [-0.05, 0) is 43.4 Å². The Bertz CT molecular complexity index is 811. The van der Waals surface area contributed by atoms with Gasteiger partial charge < -0.3 is 14.6 Å². The highest BCUT2D eigenvalue weighted by Crippen LogP contribution is 2.47. The van der Waals surface area contributed by atoms with Crippen molar-refractivity contribution >= 4 is 11.6 Å². The van der Waals surface area contributed by atoms with Crippen LogP contribution < -0.4 is 9.47 Å². The van der Waals surface area contributed by atoms with Crippen molar-refractivity contribution in [2.24, 2.45) is 11.0 Å². The molecule has 0 unspecified atom stereocenters. The maximum absolute atomic E-state index is 13.8. The van der Waals surface area contributed by atoms with E-state index in [9.17, 15) is 23.1 Å². The molecule has 1 amide bonds. The number of carbonyl (C=O) groups is 1. The number of aryl methyl sites for hydroxylation is 1. The Morgan fingerprint density at radius 3 is 2.82 bits per heavy atom. The maximum atomic E-state index is 13.8. The van der Waals surface area contributed by atoms with Crippen LogP contribution in [0.4, 0.5) is 13.2 Å². The molecule has 0 spiro atoms. The zero-order valence-corrected chi connectivity index (χ0v) is 15.2. The van der Waals surface area contributed by atoms with Gasteiger partial charge in [0.25, 0.3) is 5.72 Å². The van der Waals surface area contributed by atoms with Crippen LogP contribution in [-0.2, 0) is 11.2 Å². The molecule has 4 rings (SSSR count). The predicted octanol–water partition coefficient (Wildman–Crippen LogP) is 3.38. The molecular formula is C19H21F3N2O4. The lowest BCUT2D eigenvalue weighted by Crippen LogP contribution is -2.61. The number of ether oxygens (including phenoxy) is 2. The molecule has 3 aliphatic rings. The fourth-order valence-corrected chi connectivity index (χ4v) is 4.09. The third-order valence-corrected chi connectivity index (χ3v) is 5.58. The van der Waals surface area contributed by atoms with E-state index in [0.717, 1.165) is 12.0 Å². The smallest absolute Gasteiger partial charge is 0.439 e. The highest BCUT2D eigenvalue weighted by molar-refractivity contribution is 5.93. The molecule has 2 aliphatic heterocycles. The molecule has 2 heterocycles. The summed E-state index contributed by atoms with van der Waals surface area (Å²) in [5.74, 6) is -0.907. The van der Waals surface area contributed by atoms with E-state index in [4.69, 9.17) is 9.47 Å². The van der Waals surface area contributed by atoms with Crippen molar-refractivity contribution in [3.8, 4) is 11.5 Å². The van der Waals surface area contributed by atoms with Gasteiger partial charge in [-0.2, -0.15) is 23.3 Å². The lowest BCUT2D eigenvalue weighted by Gasteiger charge is -2.37. The average Bonchev–Trinajstić information content (AvgIpc) is 3.14. The summed E-state index contributed by atoms with van der Waals surface area (Å²) < 4.78 is 52.0. The van der Waals surface area contributed by atoms with Gasteiger partial charge in [-0.3, -0.25) is 4.79 Å². The summed E-state index contributed by atoms with van der Waals surface area (Å²) >= 11 is 0. The molecule has 1 aromatic carbocycles. The molecule has 9 heteroatoms. The minimum Gasteiger partial charge on any atom is -0.454 e. The fraction of sp³-hybridized carbons (Fsp3) is 0.579. The first-order chi connectivity index (χ1) is 13.3. The Balaban J connectivity index is 1.53. The number of amides is 1. The van der Waals surface area contributed by atoms with Crippen molar-refractivity contribution in [3.05, 3.63) is 23.8 Å². The summed E-state index contributed by atoms with van der Waals surface area (Å²) in [6, 6.07) is 5.13. The van der Waals surface area contributed by atoms with Gasteiger partial charge in [0.05, 0.1) is 5.92 Å². The van der Waals surface area contributed by atoms with Crippen LogP contribution in [0.5, 0.6) is 11.5 Å². The number of benzene rings is 1. The average molecular weight is 398 g/mol. The van der Waals surface area contributed by atoms with Crippen LogP contribution in [0.25, 0.3) is 0 Å². The number of fused-ring (bicyclic) bond motifs is 2. The summed E-state index contributed by atoms with van der Waals surface area (Å²) in [6.07, 6.45) is -2.38. The topological polar surface area (TPSA) is 71.4 Å². The molecule has 6 nitrogen and oxygen atoms in total. The number of halogens is 3. The number of hydrogen-bond donors (Lipinski definition) is 1. The summed E-state index contributed by atoms with van der Waals surface area (Å²) in [4.78, 5) is 12.6. The second-order valence-electron chi connectivity index (χ2n) is 7.36. The Morgan fingerprint density at radius 1 is 1.25 bits per heavy atom. The quantitative estimate of drug-likeness (QED) is 0.848. The molecule has 152 valence electrons. The van der Waals surface area contributed by atoms with E-state index in [1.807, 2.05) is 0 Å². The Kier molecular flexibility index (Phi) is 4.73. The normalized spacial score (nSPS) is 26.6. The minimum absolute atomic E-state index is 0.114. The maximum Gasteiger partial charge on any atom is 0.439 e. The van der Waals surface area contributed by atoms with Crippen LogP contribution in [0.3, 0.4) is 0 Å². The van der Waals surface area contributed by atoms with Gasteiger partial charge in [0, 0.05) is 12.1 Å². The molecule has 28 heavy (non-hydrogen) atoms. The first-order valence-electron chi connectivity index (χ1n) is 9.39. The molecule has 0 saturated heterocycles. The van der Waals surface area contributed by atoms with E-state index in [1.165, 1.54) is 0 Å². The number of carbonyl (C=O) groups excluding carboxylic acids is 1. The van der Waals surface area contributed by atoms with E-state index in [0.29, 0.717) is 30.8 Å². The van der Waals surface area contributed by atoms with E-state index in [1.54, 1.807) is 18.2 Å². The minimum atomic E-state index is -4.98. The van der Waals surface area contributed by atoms with E-state index < -0.39 is 23.7 Å². The fourth-order valence-electron chi connectivity index (χ4n) is 4.09. The summed E-state index contributed by atoms with van der Waals surface area (Å²) in [7, 11) is 0. The van der Waals surface area contributed by atoms with Crippen molar-refractivity contribution in [3.63, 3.8) is 0 Å². The van der Waals surface area contributed by atoms with Crippen LogP contribution in [0.15, 0.2) is 23.3 Å². The molecule has 1 saturated carbocycles. The SMILES string of the molecule is O=C(CCc1ccc2c(c1)OCO2)N1N=C2CCCCC[C@H]2[C@]1(O)C(F)(F)F. The largest absolute Gasteiger partial charge is 0.454 e. The van der Waals surface area contributed by atoms with Gasteiger partial charge in [-0.1, -0.05) is 18.9 Å². The molecule has 1 aliphatic carbocycles. The summed E-state index contributed by atoms with van der Waals surface area (Å²) in [5.41, 5.74) is -2.26. The van der Waals surface area contributed by atoms with Crippen LogP contribution in [0.2, 0.25) is 0 Å². The van der Waals surface area contributed by atoms with Gasteiger partial charge in [0.2, 0.25) is 12.7 Å². The Morgan fingerprint density at radius 2 is 2.04 bits per heavy atom. The highest BCUT2D eigenvalue weighted by Gasteiger charge is 2.67. The number of alkyl halides is 3. The van der Waals surface area contributed by atoms with Gasteiger partial charge in [-0.25, -0.2) is 0 Å². The number of hydrogen-bond acceptors (Lipinski definition) is 5. The molecule has 1 aromatic rings. The van der Waals surface area contributed by atoms with Crippen molar-refractivity contribution in [2.75, 3.05) is 6.79 Å². The Hall–Kier alpha value is -2.29.